The first-order valence-corrected chi connectivity index (χ1v) is 11.3. The number of alkyl halides is 3. The van der Waals surface area contributed by atoms with Crippen LogP contribution in [0.25, 0.3) is 0 Å². The van der Waals surface area contributed by atoms with Gasteiger partial charge in [0.05, 0.1) is 6.10 Å². The van der Waals surface area contributed by atoms with Crippen LogP contribution in [0.5, 0.6) is 0 Å². The number of nitrogens with one attached hydrogen (secondary N) is 2. The van der Waals surface area contributed by atoms with E-state index in [4.69, 9.17) is 4.74 Å². The summed E-state index contributed by atoms with van der Waals surface area (Å²) in [6, 6.07) is -0.121. The zero-order valence-electron chi connectivity index (χ0n) is 16.3. The normalized spacial score (nSPS) is 21.6. The van der Waals surface area contributed by atoms with Gasteiger partial charge in [0.2, 0.25) is 0 Å². The Kier molecular flexibility index (Phi) is 8.81. The van der Waals surface area contributed by atoms with Gasteiger partial charge in [-0.2, -0.15) is 17.5 Å². The molecule has 0 unspecified atom stereocenters. The quantitative estimate of drug-likeness (QED) is 0.369. The molecule has 2 rings (SSSR count). The molecule has 1 aliphatic carbocycles. The van der Waals surface area contributed by atoms with Crippen molar-refractivity contribution < 1.29 is 26.3 Å². The fourth-order valence-electron chi connectivity index (χ4n) is 3.54. The molecule has 1 aliphatic heterocycles. The lowest BCUT2D eigenvalue weighted by Crippen LogP contribution is -2.51. The number of sulfonamides is 1. The molecule has 0 spiro atoms. The lowest BCUT2D eigenvalue weighted by molar-refractivity contribution is -0.0494. The largest absolute Gasteiger partial charge is 0.511 e. The Morgan fingerprint density at radius 2 is 1.79 bits per heavy atom. The molecule has 164 valence electrons. The van der Waals surface area contributed by atoms with Crippen LogP contribution in [0.4, 0.5) is 13.2 Å². The zero-order valence-corrected chi connectivity index (χ0v) is 17.1. The second-order valence-corrected chi connectivity index (χ2v) is 9.18. The molecular formula is C17H31F3N4O3S. The number of rotatable bonds is 7. The van der Waals surface area contributed by atoms with Gasteiger partial charge in [-0.05, 0) is 32.1 Å². The molecule has 28 heavy (non-hydrogen) atoms. The van der Waals surface area contributed by atoms with Gasteiger partial charge in [0, 0.05) is 39.3 Å². The first-order valence-electron chi connectivity index (χ1n) is 9.89. The van der Waals surface area contributed by atoms with Crippen LogP contribution in [-0.2, 0) is 14.8 Å². The maximum absolute atomic E-state index is 12.6. The molecule has 2 aliphatic rings. The maximum Gasteiger partial charge on any atom is 0.511 e. The van der Waals surface area contributed by atoms with Gasteiger partial charge >= 0.3 is 15.5 Å². The number of ether oxygens (including phenoxy) is 1. The highest BCUT2D eigenvalue weighted by atomic mass is 32.2. The molecular weight excluding hydrogens is 397 g/mol. The van der Waals surface area contributed by atoms with Crippen molar-refractivity contribution in [3.05, 3.63) is 0 Å². The Morgan fingerprint density at radius 1 is 1.14 bits per heavy atom. The van der Waals surface area contributed by atoms with E-state index in [1.54, 1.807) is 7.05 Å². The molecule has 7 nitrogen and oxygen atoms in total. The summed E-state index contributed by atoms with van der Waals surface area (Å²) in [6.07, 6.45) is 7.85. The van der Waals surface area contributed by atoms with E-state index in [1.165, 1.54) is 19.3 Å². The predicted molar refractivity (Wildman–Crippen MR) is 102 cm³/mol. The first kappa shape index (κ1) is 23.2. The maximum atomic E-state index is 12.6. The summed E-state index contributed by atoms with van der Waals surface area (Å²) < 4.78 is 67.1. The Morgan fingerprint density at radius 3 is 2.36 bits per heavy atom. The van der Waals surface area contributed by atoms with Crippen molar-refractivity contribution in [3.8, 4) is 0 Å². The van der Waals surface area contributed by atoms with E-state index < -0.39 is 15.5 Å². The molecule has 0 aromatic rings. The number of halogens is 3. The summed E-state index contributed by atoms with van der Waals surface area (Å²) in [5.74, 6) is 0.565. The Bertz CT molecular complexity index is 599. The lowest BCUT2D eigenvalue weighted by Gasteiger charge is -2.32. The van der Waals surface area contributed by atoms with Crippen molar-refractivity contribution in [3.63, 3.8) is 0 Å². The Labute approximate surface area is 165 Å². The molecule has 0 aromatic heterocycles. The van der Waals surface area contributed by atoms with Gasteiger partial charge in [0.15, 0.2) is 5.96 Å². The predicted octanol–water partition coefficient (Wildman–Crippen LogP) is 2.20. The molecule has 0 radical (unpaired) electrons. The topological polar surface area (TPSA) is 83.0 Å². The molecule has 11 heteroatoms. The van der Waals surface area contributed by atoms with Crippen LogP contribution in [0.2, 0.25) is 0 Å². The van der Waals surface area contributed by atoms with Gasteiger partial charge in [-0.15, -0.1) is 0 Å². The Balaban J connectivity index is 1.64. The van der Waals surface area contributed by atoms with Crippen molar-refractivity contribution in [2.24, 2.45) is 4.99 Å². The van der Waals surface area contributed by atoms with Crippen LogP contribution in [0, 0.1) is 0 Å². The van der Waals surface area contributed by atoms with Crippen LogP contribution in [0.1, 0.15) is 51.4 Å². The molecule has 0 amide bonds. The van der Waals surface area contributed by atoms with Gasteiger partial charge in [-0.25, -0.2) is 8.42 Å². The molecule has 1 saturated heterocycles. The number of hydrogen-bond donors (Lipinski definition) is 2. The Hall–Kier alpha value is -1.07. The minimum atomic E-state index is -5.25. The van der Waals surface area contributed by atoms with Crippen LogP contribution >= 0.6 is 0 Å². The number of aliphatic imine (C=N–C) groups is 1. The average Bonchev–Trinajstić information content (AvgIpc) is 2.67. The van der Waals surface area contributed by atoms with E-state index in [-0.39, 0.29) is 19.1 Å². The number of guanidine groups is 1. The van der Waals surface area contributed by atoms with Gasteiger partial charge in [0.1, 0.15) is 0 Å². The van der Waals surface area contributed by atoms with Crippen molar-refractivity contribution in [1.82, 2.24) is 14.9 Å². The minimum absolute atomic E-state index is 0.121. The molecule has 0 atom stereocenters. The fourth-order valence-corrected chi connectivity index (χ4v) is 4.52. The summed E-state index contributed by atoms with van der Waals surface area (Å²) >= 11 is 0. The molecule has 2 N–H and O–H groups in total. The highest BCUT2D eigenvalue weighted by Crippen LogP contribution is 2.28. The monoisotopic (exact) mass is 428 g/mol. The van der Waals surface area contributed by atoms with E-state index in [0.717, 1.165) is 19.3 Å². The summed E-state index contributed by atoms with van der Waals surface area (Å²) in [5.41, 5.74) is -5.25. The van der Waals surface area contributed by atoms with Gasteiger partial charge in [-0.3, -0.25) is 4.99 Å². The molecule has 1 heterocycles. The van der Waals surface area contributed by atoms with E-state index in [2.05, 4.69) is 15.6 Å². The molecule has 0 bridgehead atoms. The average molecular weight is 429 g/mol. The van der Waals surface area contributed by atoms with Crippen LogP contribution in [0.15, 0.2) is 4.99 Å². The first-order chi connectivity index (χ1) is 13.2. The number of piperidine rings is 1. The van der Waals surface area contributed by atoms with Crippen molar-refractivity contribution >= 4 is 16.0 Å². The fraction of sp³-hybridized carbons (Fsp3) is 0.941. The zero-order chi connectivity index (χ0) is 20.6. The van der Waals surface area contributed by atoms with Crippen LogP contribution < -0.4 is 10.6 Å². The second kappa shape index (κ2) is 10.6. The highest BCUT2D eigenvalue weighted by Gasteiger charge is 2.50. The van der Waals surface area contributed by atoms with Crippen molar-refractivity contribution in [2.45, 2.75) is 69.0 Å². The third-order valence-electron chi connectivity index (χ3n) is 5.17. The molecule has 0 aromatic carbocycles. The van der Waals surface area contributed by atoms with Gasteiger partial charge < -0.3 is 15.4 Å². The third-order valence-corrected chi connectivity index (χ3v) is 6.80. The standard InChI is InChI=1S/C17H31F3N4O3S/c1-21-16(22-10-5-13-27-15-6-3-2-4-7-15)23-14-8-11-24(12-9-14)28(25,26)17(18,19)20/h14-15H,2-13H2,1H3,(H2,21,22,23). The summed E-state index contributed by atoms with van der Waals surface area (Å²) in [7, 11) is -3.62. The summed E-state index contributed by atoms with van der Waals surface area (Å²) in [5, 5.41) is 6.32. The second-order valence-electron chi connectivity index (χ2n) is 7.25. The van der Waals surface area contributed by atoms with Gasteiger partial charge in [-0.1, -0.05) is 19.3 Å². The summed E-state index contributed by atoms with van der Waals surface area (Å²) in [6.45, 7) is 1.04. The van der Waals surface area contributed by atoms with Crippen molar-refractivity contribution in [1.29, 1.82) is 0 Å². The van der Waals surface area contributed by atoms with Gasteiger partial charge in [0.25, 0.3) is 0 Å². The number of nitrogens with zero attached hydrogens (tertiary/aromatic N) is 2. The van der Waals surface area contributed by atoms with Crippen LogP contribution in [0.3, 0.4) is 0 Å². The SMILES string of the molecule is CN=C(NCCCOC1CCCCC1)NC1CCN(S(=O)(=O)C(F)(F)F)CC1. The third kappa shape index (κ3) is 6.77. The number of hydrogen-bond acceptors (Lipinski definition) is 4. The van der Waals surface area contributed by atoms with E-state index >= 15 is 0 Å². The molecule has 2 fully saturated rings. The minimum Gasteiger partial charge on any atom is -0.378 e. The van der Waals surface area contributed by atoms with Crippen molar-refractivity contribution in [2.75, 3.05) is 33.3 Å². The van der Waals surface area contributed by atoms with E-state index in [1.807, 2.05) is 0 Å². The van der Waals surface area contributed by atoms with E-state index in [0.29, 0.717) is 42.4 Å². The van der Waals surface area contributed by atoms with Crippen LogP contribution in [-0.4, -0.2) is 69.6 Å². The summed E-state index contributed by atoms with van der Waals surface area (Å²) in [4.78, 5) is 4.12. The highest BCUT2D eigenvalue weighted by molar-refractivity contribution is 7.90. The lowest BCUT2D eigenvalue weighted by atomic mass is 9.98. The molecule has 1 saturated carbocycles. The smallest absolute Gasteiger partial charge is 0.378 e. The van der Waals surface area contributed by atoms with E-state index in [9.17, 15) is 21.6 Å².